The predicted octanol–water partition coefficient (Wildman–Crippen LogP) is 1.50. The van der Waals surface area contributed by atoms with Gasteiger partial charge in [0.2, 0.25) is 5.91 Å². The standard InChI is InChI=1S/C16H30N4O/c1-5-10-20(14-6-8-18-9-7-14)11-15(21)19-16(4,12-17)13(2)3/h13-14,18H,5-11H2,1-4H3,(H,19,21). The Hall–Kier alpha value is -1.12. The molecule has 0 aliphatic carbocycles. The fraction of sp³-hybridized carbons (Fsp3) is 0.875. The minimum Gasteiger partial charge on any atom is -0.337 e. The smallest absolute Gasteiger partial charge is 0.235 e. The molecule has 120 valence electrons. The summed E-state index contributed by atoms with van der Waals surface area (Å²) in [6.45, 7) is 11.2. The van der Waals surface area contributed by atoms with Crippen molar-refractivity contribution >= 4 is 5.91 Å². The van der Waals surface area contributed by atoms with Crippen molar-refractivity contribution in [3.8, 4) is 6.07 Å². The van der Waals surface area contributed by atoms with Crippen molar-refractivity contribution in [2.75, 3.05) is 26.2 Å². The van der Waals surface area contributed by atoms with Crippen molar-refractivity contribution < 1.29 is 4.79 Å². The van der Waals surface area contributed by atoms with E-state index in [1.54, 1.807) is 6.92 Å². The molecule has 1 saturated heterocycles. The lowest BCUT2D eigenvalue weighted by atomic mass is 9.90. The van der Waals surface area contributed by atoms with Crippen LogP contribution in [0.25, 0.3) is 0 Å². The van der Waals surface area contributed by atoms with Gasteiger partial charge in [0.05, 0.1) is 12.6 Å². The van der Waals surface area contributed by atoms with Gasteiger partial charge in [-0.25, -0.2) is 0 Å². The number of hydrogen-bond donors (Lipinski definition) is 2. The average molecular weight is 294 g/mol. The second-order valence-corrected chi connectivity index (χ2v) is 6.47. The van der Waals surface area contributed by atoms with Crippen molar-refractivity contribution in [2.45, 2.75) is 58.5 Å². The van der Waals surface area contributed by atoms with Gasteiger partial charge < -0.3 is 10.6 Å². The van der Waals surface area contributed by atoms with Crippen LogP contribution < -0.4 is 10.6 Å². The highest BCUT2D eigenvalue weighted by Gasteiger charge is 2.31. The summed E-state index contributed by atoms with van der Waals surface area (Å²) >= 11 is 0. The van der Waals surface area contributed by atoms with E-state index in [9.17, 15) is 10.1 Å². The van der Waals surface area contributed by atoms with Gasteiger partial charge >= 0.3 is 0 Å². The number of carbonyl (C=O) groups is 1. The van der Waals surface area contributed by atoms with Gasteiger partial charge in [-0.2, -0.15) is 5.26 Å². The van der Waals surface area contributed by atoms with Gasteiger partial charge in [-0.3, -0.25) is 9.69 Å². The first-order valence-corrected chi connectivity index (χ1v) is 8.10. The zero-order chi connectivity index (χ0) is 15.9. The highest BCUT2D eigenvalue weighted by molar-refractivity contribution is 5.79. The quantitative estimate of drug-likeness (QED) is 0.747. The maximum atomic E-state index is 12.3. The van der Waals surface area contributed by atoms with Crippen LogP contribution in [0.2, 0.25) is 0 Å². The molecule has 1 unspecified atom stereocenters. The molecule has 0 saturated carbocycles. The molecule has 1 amide bonds. The van der Waals surface area contributed by atoms with E-state index in [-0.39, 0.29) is 11.8 Å². The maximum Gasteiger partial charge on any atom is 0.235 e. The Morgan fingerprint density at radius 2 is 2.10 bits per heavy atom. The number of nitrogens with one attached hydrogen (secondary N) is 2. The molecule has 5 heteroatoms. The first kappa shape index (κ1) is 17.9. The van der Waals surface area contributed by atoms with Crippen LogP contribution in [0.3, 0.4) is 0 Å². The van der Waals surface area contributed by atoms with Crippen LogP contribution in [0.15, 0.2) is 0 Å². The number of hydrogen-bond acceptors (Lipinski definition) is 4. The van der Waals surface area contributed by atoms with E-state index in [0.717, 1.165) is 38.9 Å². The Morgan fingerprint density at radius 1 is 1.48 bits per heavy atom. The number of carbonyl (C=O) groups excluding carboxylic acids is 1. The Kier molecular flexibility index (Phi) is 7.13. The molecule has 0 radical (unpaired) electrons. The number of nitriles is 1. The largest absolute Gasteiger partial charge is 0.337 e. The first-order valence-electron chi connectivity index (χ1n) is 8.10. The Balaban J connectivity index is 2.62. The molecule has 0 aromatic carbocycles. The molecule has 1 heterocycles. The van der Waals surface area contributed by atoms with E-state index in [2.05, 4.69) is 28.5 Å². The Morgan fingerprint density at radius 3 is 2.57 bits per heavy atom. The molecule has 1 aliphatic rings. The van der Waals surface area contributed by atoms with E-state index in [1.807, 2.05) is 13.8 Å². The van der Waals surface area contributed by atoms with Crippen LogP contribution in [0, 0.1) is 17.2 Å². The molecule has 0 aromatic heterocycles. The monoisotopic (exact) mass is 294 g/mol. The molecule has 0 spiro atoms. The van der Waals surface area contributed by atoms with Crippen LogP contribution in [0.4, 0.5) is 0 Å². The minimum atomic E-state index is -0.789. The third kappa shape index (κ3) is 5.29. The van der Waals surface area contributed by atoms with Crippen LogP contribution in [0.1, 0.15) is 47.0 Å². The van der Waals surface area contributed by atoms with Crippen LogP contribution in [-0.4, -0.2) is 48.6 Å². The summed E-state index contributed by atoms with van der Waals surface area (Å²) in [5.41, 5.74) is -0.789. The fourth-order valence-electron chi connectivity index (χ4n) is 2.66. The Labute approximate surface area is 129 Å². The normalized spacial score (nSPS) is 19.3. The van der Waals surface area contributed by atoms with Gasteiger partial charge in [0.1, 0.15) is 5.54 Å². The molecule has 0 bridgehead atoms. The summed E-state index contributed by atoms with van der Waals surface area (Å²) < 4.78 is 0. The second-order valence-electron chi connectivity index (χ2n) is 6.47. The second kappa shape index (κ2) is 8.35. The van der Waals surface area contributed by atoms with Crippen LogP contribution in [-0.2, 0) is 4.79 Å². The van der Waals surface area contributed by atoms with Gasteiger partial charge in [-0.05, 0) is 51.7 Å². The molecule has 5 nitrogen and oxygen atoms in total. The molecule has 21 heavy (non-hydrogen) atoms. The Bertz CT molecular complexity index is 371. The van der Waals surface area contributed by atoms with Gasteiger partial charge in [0.25, 0.3) is 0 Å². The first-order chi connectivity index (χ1) is 9.92. The molecule has 0 aromatic rings. The summed E-state index contributed by atoms with van der Waals surface area (Å²) in [5, 5.41) is 15.6. The number of piperidine rings is 1. The highest BCUT2D eigenvalue weighted by Crippen LogP contribution is 2.16. The molecule has 1 aliphatic heterocycles. The topological polar surface area (TPSA) is 68.2 Å². The van der Waals surface area contributed by atoms with Gasteiger partial charge in [-0.1, -0.05) is 20.8 Å². The molecule has 1 fully saturated rings. The highest BCUT2D eigenvalue weighted by atomic mass is 16.2. The van der Waals surface area contributed by atoms with Crippen molar-refractivity contribution in [3.63, 3.8) is 0 Å². The van der Waals surface area contributed by atoms with E-state index in [1.165, 1.54) is 0 Å². The predicted molar refractivity (Wildman–Crippen MR) is 84.8 cm³/mol. The van der Waals surface area contributed by atoms with Gasteiger partial charge in [-0.15, -0.1) is 0 Å². The van der Waals surface area contributed by atoms with Crippen LogP contribution in [0.5, 0.6) is 0 Å². The molecular weight excluding hydrogens is 264 g/mol. The third-order valence-corrected chi connectivity index (χ3v) is 4.47. The SMILES string of the molecule is CCCN(CC(=O)NC(C)(C#N)C(C)C)C1CCNCC1. The van der Waals surface area contributed by atoms with Gasteiger partial charge in [0.15, 0.2) is 0 Å². The fourth-order valence-corrected chi connectivity index (χ4v) is 2.66. The van der Waals surface area contributed by atoms with Crippen molar-refractivity contribution in [2.24, 2.45) is 5.92 Å². The lowest BCUT2D eigenvalue weighted by molar-refractivity contribution is -0.124. The third-order valence-electron chi connectivity index (χ3n) is 4.47. The zero-order valence-electron chi connectivity index (χ0n) is 13.9. The summed E-state index contributed by atoms with van der Waals surface area (Å²) in [6, 6.07) is 2.71. The maximum absolute atomic E-state index is 12.3. The minimum absolute atomic E-state index is 0.0419. The van der Waals surface area contributed by atoms with E-state index < -0.39 is 5.54 Å². The van der Waals surface area contributed by atoms with Crippen LogP contribution >= 0.6 is 0 Å². The van der Waals surface area contributed by atoms with E-state index in [4.69, 9.17) is 0 Å². The lowest BCUT2D eigenvalue weighted by Gasteiger charge is -2.35. The van der Waals surface area contributed by atoms with E-state index >= 15 is 0 Å². The average Bonchev–Trinajstić information content (AvgIpc) is 2.47. The number of rotatable bonds is 7. The summed E-state index contributed by atoms with van der Waals surface area (Å²) in [4.78, 5) is 14.6. The van der Waals surface area contributed by atoms with E-state index in [0.29, 0.717) is 12.6 Å². The number of nitrogens with zero attached hydrogens (tertiary/aromatic N) is 2. The summed E-state index contributed by atoms with van der Waals surface area (Å²) in [7, 11) is 0. The van der Waals surface area contributed by atoms with Gasteiger partial charge in [0, 0.05) is 6.04 Å². The lowest BCUT2D eigenvalue weighted by Crippen LogP contribution is -2.54. The summed E-state index contributed by atoms with van der Waals surface area (Å²) in [6.07, 6.45) is 3.22. The molecule has 2 N–H and O–H groups in total. The summed E-state index contributed by atoms with van der Waals surface area (Å²) in [5.74, 6) is 0.0460. The van der Waals surface area contributed by atoms with Crippen molar-refractivity contribution in [1.82, 2.24) is 15.5 Å². The molecule has 1 atom stereocenters. The zero-order valence-corrected chi connectivity index (χ0v) is 13.9. The number of amides is 1. The van der Waals surface area contributed by atoms with Crippen molar-refractivity contribution in [3.05, 3.63) is 0 Å². The molecular formula is C16H30N4O. The molecule has 1 rings (SSSR count). The van der Waals surface area contributed by atoms with Crippen molar-refractivity contribution in [1.29, 1.82) is 5.26 Å².